The molecule has 3 rings (SSSR count). The van der Waals surface area contributed by atoms with E-state index in [1.54, 1.807) is 31.2 Å². The van der Waals surface area contributed by atoms with Gasteiger partial charge in [-0.05, 0) is 55.2 Å². The maximum absolute atomic E-state index is 12.8. The fourth-order valence-corrected chi connectivity index (χ4v) is 3.31. The quantitative estimate of drug-likeness (QED) is 0.472. The molecule has 1 amide bonds. The minimum Gasteiger partial charge on any atom is -0.494 e. The summed E-state index contributed by atoms with van der Waals surface area (Å²) < 4.78 is 10.9. The van der Waals surface area contributed by atoms with E-state index in [4.69, 9.17) is 9.47 Å². The number of carbonyl (C=O) groups is 2. The van der Waals surface area contributed by atoms with Gasteiger partial charge in [-0.3, -0.25) is 4.79 Å². The average molecular weight is 423 g/mol. The maximum Gasteiger partial charge on any atom is 0.328 e. The fraction of sp³-hybridized carbons (Fsp3) is 0.360. The van der Waals surface area contributed by atoms with Gasteiger partial charge in [-0.15, -0.1) is 0 Å². The Kier molecular flexibility index (Phi) is 7.70. The first-order valence-corrected chi connectivity index (χ1v) is 10.7. The monoisotopic (exact) mass is 422 g/mol. The minimum atomic E-state index is -0.784. The van der Waals surface area contributed by atoms with Crippen LogP contribution in [0.4, 0.5) is 0 Å². The predicted octanol–water partition coefficient (Wildman–Crippen LogP) is 4.50. The van der Waals surface area contributed by atoms with E-state index in [9.17, 15) is 9.59 Å². The zero-order valence-corrected chi connectivity index (χ0v) is 18.3. The Morgan fingerprint density at radius 3 is 2.52 bits per heavy atom. The second-order valence-corrected chi connectivity index (χ2v) is 7.90. The molecule has 0 aliphatic heterocycles. The SMILES string of the molecule is CCOC(=O)[C@H](Cc1c[nH]c2ccccc12)NC(=O)c1ccc(OCCC(C)C)cc1. The molecule has 164 valence electrons. The summed E-state index contributed by atoms with van der Waals surface area (Å²) in [5.41, 5.74) is 2.40. The van der Waals surface area contributed by atoms with Gasteiger partial charge in [0.2, 0.25) is 0 Å². The molecule has 0 aliphatic carbocycles. The third-order valence-electron chi connectivity index (χ3n) is 5.06. The standard InChI is InChI=1S/C25H30N2O4/c1-4-30-25(29)23(15-19-16-26-22-8-6-5-7-21(19)22)27-24(28)18-9-11-20(12-10-18)31-14-13-17(2)3/h5-12,16-17,23,26H,4,13-15H2,1-3H3,(H,27,28)/t23-/m0/s1. The molecule has 1 atom stereocenters. The molecule has 0 unspecified atom stereocenters. The topological polar surface area (TPSA) is 80.4 Å². The molecule has 0 saturated heterocycles. The summed E-state index contributed by atoms with van der Waals surface area (Å²) in [7, 11) is 0. The minimum absolute atomic E-state index is 0.251. The number of ether oxygens (including phenoxy) is 2. The number of benzene rings is 2. The Morgan fingerprint density at radius 2 is 1.81 bits per heavy atom. The lowest BCUT2D eigenvalue weighted by atomic mass is 10.0. The summed E-state index contributed by atoms with van der Waals surface area (Å²) in [6, 6.07) is 14.0. The molecule has 2 N–H and O–H groups in total. The number of aromatic amines is 1. The van der Waals surface area contributed by atoms with Gasteiger partial charge in [0.1, 0.15) is 11.8 Å². The van der Waals surface area contributed by atoms with Crippen molar-refractivity contribution in [1.82, 2.24) is 10.3 Å². The number of carbonyl (C=O) groups excluding carboxylic acids is 2. The number of para-hydroxylation sites is 1. The smallest absolute Gasteiger partial charge is 0.328 e. The zero-order chi connectivity index (χ0) is 22.2. The highest BCUT2D eigenvalue weighted by Crippen LogP contribution is 2.20. The highest BCUT2D eigenvalue weighted by Gasteiger charge is 2.24. The lowest BCUT2D eigenvalue weighted by Gasteiger charge is -2.17. The van der Waals surface area contributed by atoms with Crippen molar-refractivity contribution in [2.24, 2.45) is 5.92 Å². The van der Waals surface area contributed by atoms with E-state index in [-0.39, 0.29) is 12.5 Å². The van der Waals surface area contributed by atoms with Gasteiger partial charge in [0.25, 0.3) is 5.91 Å². The van der Waals surface area contributed by atoms with Crippen LogP contribution in [0, 0.1) is 5.92 Å². The number of H-pyrrole nitrogens is 1. The van der Waals surface area contributed by atoms with Crippen molar-refractivity contribution >= 4 is 22.8 Å². The Bertz CT molecular complexity index is 1010. The molecule has 6 heteroatoms. The molecular weight excluding hydrogens is 392 g/mol. The van der Waals surface area contributed by atoms with E-state index in [2.05, 4.69) is 24.1 Å². The Balaban J connectivity index is 1.69. The van der Waals surface area contributed by atoms with E-state index in [0.29, 0.717) is 24.5 Å². The summed E-state index contributed by atoms with van der Waals surface area (Å²) in [6.45, 7) is 6.93. The van der Waals surface area contributed by atoms with E-state index in [1.807, 2.05) is 30.5 Å². The molecule has 1 aromatic heterocycles. The molecule has 31 heavy (non-hydrogen) atoms. The summed E-state index contributed by atoms with van der Waals surface area (Å²) in [5.74, 6) is 0.515. The first-order valence-electron chi connectivity index (χ1n) is 10.7. The van der Waals surface area contributed by atoms with Crippen molar-refractivity contribution in [2.45, 2.75) is 39.7 Å². The van der Waals surface area contributed by atoms with Gasteiger partial charge < -0.3 is 19.8 Å². The second kappa shape index (κ2) is 10.7. The molecule has 6 nitrogen and oxygen atoms in total. The van der Waals surface area contributed by atoms with Gasteiger partial charge in [0.15, 0.2) is 0 Å². The van der Waals surface area contributed by atoms with Crippen LogP contribution in [0.25, 0.3) is 10.9 Å². The molecule has 3 aromatic rings. The van der Waals surface area contributed by atoms with Crippen molar-refractivity contribution in [3.63, 3.8) is 0 Å². The number of fused-ring (bicyclic) bond motifs is 1. The van der Waals surface area contributed by atoms with Crippen LogP contribution in [0.1, 0.15) is 43.1 Å². The van der Waals surface area contributed by atoms with Crippen molar-refractivity contribution in [2.75, 3.05) is 13.2 Å². The van der Waals surface area contributed by atoms with Crippen molar-refractivity contribution in [3.05, 3.63) is 65.9 Å². The first kappa shape index (κ1) is 22.4. The van der Waals surface area contributed by atoms with Gasteiger partial charge in [-0.2, -0.15) is 0 Å². The summed E-state index contributed by atoms with van der Waals surface area (Å²) in [5, 5.41) is 3.85. The van der Waals surface area contributed by atoms with Gasteiger partial charge in [0.05, 0.1) is 13.2 Å². The molecule has 0 fully saturated rings. The van der Waals surface area contributed by atoms with Crippen LogP contribution in [0.3, 0.4) is 0 Å². The van der Waals surface area contributed by atoms with Crippen LogP contribution >= 0.6 is 0 Å². The fourth-order valence-electron chi connectivity index (χ4n) is 3.31. The number of rotatable bonds is 10. The van der Waals surface area contributed by atoms with Gasteiger partial charge in [0, 0.05) is 29.1 Å². The van der Waals surface area contributed by atoms with Gasteiger partial charge in [-0.1, -0.05) is 32.0 Å². The largest absolute Gasteiger partial charge is 0.494 e. The van der Waals surface area contributed by atoms with E-state index in [1.165, 1.54) is 0 Å². The number of hydrogen-bond acceptors (Lipinski definition) is 4. The molecule has 1 heterocycles. The molecule has 0 saturated carbocycles. The summed E-state index contributed by atoms with van der Waals surface area (Å²) in [4.78, 5) is 28.5. The number of amides is 1. The van der Waals surface area contributed by atoms with Crippen LogP contribution in [-0.2, 0) is 16.0 Å². The number of nitrogens with one attached hydrogen (secondary N) is 2. The van der Waals surface area contributed by atoms with E-state index >= 15 is 0 Å². The highest BCUT2D eigenvalue weighted by molar-refractivity contribution is 5.97. The second-order valence-electron chi connectivity index (χ2n) is 7.90. The molecule has 0 radical (unpaired) electrons. The third-order valence-corrected chi connectivity index (χ3v) is 5.06. The number of hydrogen-bond donors (Lipinski definition) is 2. The maximum atomic E-state index is 12.8. The van der Waals surface area contributed by atoms with Gasteiger partial charge >= 0.3 is 5.97 Å². The lowest BCUT2D eigenvalue weighted by molar-refractivity contribution is -0.145. The van der Waals surface area contributed by atoms with Gasteiger partial charge in [-0.25, -0.2) is 4.79 Å². The van der Waals surface area contributed by atoms with Crippen LogP contribution in [0.15, 0.2) is 54.7 Å². The molecule has 0 aliphatic rings. The third kappa shape index (κ3) is 6.10. The molecule has 2 aromatic carbocycles. The van der Waals surface area contributed by atoms with E-state index < -0.39 is 12.0 Å². The van der Waals surface area contributed by atoms with Crippen LogP contribution in [0.2, 0.25) is 0 Å². The Morgan fingerprint density at radius 1 is 1.06 bits per heavy atom. The highest BCUT2D eigenvalue weighted by atomic mass is 16.5. The van der Waals surface area contributed by atoms with Crippen molar-refractivity contribution in [1.29, 1.82) is 0 Å². The first-order chi connectivity index (χ1) is 15.0. The van der Waals surface area contributed by atoms with Crippen LogP contribution in [-0.4, -0.2) is 36.1 Å². The molecule has 0 spiro atoms. The molecular formula is C25H30N2O4. The Labute approximate surface area is 182 Å². The molecule has 0 bridgehead atoms. The lowest BCUT2D eigenvalue weighted by Crippen LogP contribution is -2.43. The van der Waals surface area contributed by atoms with Crippen LogP contribution < -0.4 is 10.1 Å². The summed E-state index contributed by atoms with van der Waals surface area (Å²) >= 11 is 0. The Hall–Kier alpha value is -3.28. The normalized spacial score (nSPS) is 12.0. The average Bonchev–Trinajstić information content (AvgIpc) is 3.16. The van der Waals surface area contributed by atoms with Crippen molar-refractivity contribution < 1.29 is 19.1 Å². The van der Waals surface area contributed by atoms with Crippen molar-refractivity contribution in [3.8, 4) is 5.75 Å². The number of aromatic nitrogens is 1. The van der Waals surface area contributed by atoms with Crippen LogP contribution in [0.5, 0.6) is 5.75 Å². The zero-order valence-electron chi connectivity index (χ0n) is 18.3. The summed E-state index contributed by atoms with van der Waals surface area (Å²) in [6.07, 6.45) is 3.18. The number of esters is 1. The van der Waals surface area contributed by atoms with E-state index in [0.717, 1.165) is 28.6 Å². The predicted molar refractivity (Wildman–Crippen MR) is 121 cm³/mol.